The third-order valence-electron chi connectivity index (χ3n) is 5.16. The summed E-state index contributed by atoms with van der Waals surface area (Å²) in [7, 11) is 0. The molecule has 0 atom stereocenters. The number of hydrogen-bond acceptors (Lipinski definition) is 4. The van der Waals surface area contributed by atoms with Crippen LogP contribution in [0.5, 0.6) is 5.75 Å². The second-order valence-electron chi connectivity index (χ2n) is 7.58. The second kappa shape index (κ2) is 11.1. The number of aromatic nitrogens is 1. The number of benzene rings is 3. The lowest BCUT2D eigenvalue weighted by molar-refractivity contribution is -0.115. The highest BCUT2D eigenvalue weighted by Crippen LogP contribution is 2.23. The average molecular weight is 468 g/mol. The molecule has 0 saturated carbocycles. The fraction of sp³-hybridized carbons (Fsp3) is 0.107. The molecule has 0 aliphatic heterocycles. The van der Waals surface area contributed by atoms with Gasteiger partial charge in [0.15, 0.2) is 0 Å². The van der Waals surface area contributed by atoms with E-state index in [1.54, 1.807) is 30.3 Å². The van der Waals surface area contributed by atoms with E-state index in [0.717, 1.165) is 27.7 Å². The number of fused-ring (bicyclic) bond motifs is 1. The van der Waals surface area contributed by atoms with E-state index in [4.69, 9.17) is 21.6 Å². The molecule has 1 heterocycles. The van der Waals surface area contributed by atoms with Crippen LogP contribution < -0.4 is 10.1 Å². The van der Waals surface area contributed by atoms with E-state index in [1.165, 1.54) is 0 Å². The minimum Gasteiger partial charge on any atom is -0.487 e. The van der Waals surface area contributed by atoms with Gasteiger partial charge in [0.25, 0.3) is 5.91 Å². The van der Waals surface area contributed by atoms with Gasteiger partial charge in [-0.05, 0) is 53.6 Å². The van der Waals surface area contributed by atoms with E-state index in [9.17, 15) is 4.79 Å². The van der Waals surface area contributed by atoms with Crippen molar-refractivity contribution in [2.24, 2.45) is 0 Å². The maximum absolute atomic E-state index is 12.8. The van der Waals surface area contributed by atoms with Crippen LogP contribution in [-0.4, -0.2) is 17.4 Å². The van der Waals surface area contributed by atoms with Gasteiger partial charge < -0.3 is 10.1 Å². The van der Waals surface area contributed by atoms with Gasteiger partial charge in [0.05, 0.1) is 23.7 Å². The Balaban J connectivity index is 1.48. The first kappa shape index (κ1) is 23.0. The highest BCUT2D eigenvalue weighted by atomic mass is 35.5. The van der Waals surface area contributed by atoms with Gasteiger partial charge in [-0.1, -0.05) is 60.1 Å². The van der Waals surface area contributed by atoms with Gasteiger partial charge in [0.1, 0.15) is 12.4 Å². The zero-order chi connectivity index (χ0) is 23.8. The van der Waals surface area contributed by atoms with Crippen molar-refractivity contribution in [2.45, 2.75) is 13.0 Å². The molecule has 1 aromatic heterocycles. The van der Waals surface area contributed by atoms with Crippen LogP contribution in [-0.2, 0) is 11.4 Å². The number of nitrogens with zero attached hydrogens (tertiary/aromatic N) is 2. The van der Waals surface area contributed by atoms with Crippen molar-refractivity contribution in [3.63, 3.8) is 0 Å². The lowest BCUT2D eigenvalue weighted by Crippen LogP contribution is -2.25. The highest BCUT2D eigenvalue weighted by molar-refractivity contribution is 6.31. The number of nitrogens with one attached hydrogen (secondary N) is 1. The molecule has 0 fully saturated rings. The molecule has 168 valence electrons. The van der Waals surface area contributed by atoms with Gasteiger partial charge in [-0.15, -0.1) is 0 Å². The smallest absolute Gasteiger partial charge is 0.251 e. The van der Waals surface area contributed by atoms with Crippen LogP contribution in [0.1, 0.15) is 23.2 Å². The quantitative estimate of drug-likeness (QED) is 0.195. The zero-order valence-electron chi connectivity index (χ0n) is 18.4. The third kappa shape index (κ3) is 6.00. The van der Waals surface area contributed by atoms with Gasteiger partial charge >= 0.3 is 0 Å². The van der Waals surface area contributed by atoms with Gasteiger partial charge in [-0.3, -0.25) is 4.79 Å². The summed E-state index contributed by atoms with van der Waals surface area (Å²) >= 11 is 6.00. The molecule has 0 saturated heterocycles. The summed E-state index contributed by atoms with van der Waals surface area (Å²) in [5, 5.41) is 13.2. The number of carbonyl (C=O) groups is 1. The number of halogens is 1. The summed E-state index contributed by atoms with van der Waals surface area (Å²) in [6.07, 6.45) is 2.05. The Hall–Kier alpha value is -4.14. The number of rotatable bonds is 8. The van der Waals surface area contributed by atoms with Crippen molar-refractivity contribution in [2.75, 3.05) is 6.54 Å². The first-order valence-electron chi connectivity index (χ1n) is 10.8. The van der Waals surface area contributed by atoms with Crippen LogP contribution in [0, 0.1) is 11.3 Å². The Morgan fingerprint density at radius 3 is 2.53 bits per heavy atom. The topological polar surface area (TPSA) is 75.0 Å². The predicted molar refractivity (Wildman–Crippen MR) is 135 cm³/mol. The Morgan fingerprint density at radius 1 is 1.00 bits per heavy atom. The summed E-state index contributed by atoms with van der Waals surface area (Å²) in [6.45, 7) is 0.646. The van der Waals surface area contributed by atoms with Crippen LogP contribution in [0.3, 0.4) is 0 Å². The maximum atomic E-state index is 12.8. The van der Waals surface area contributed by atoms with Crippen molar-refractivity contribution in [3.05, 3.63) is 107 Å². The Bertz CT molecular complexity index is 1360. The standard InChI is InChI=1S/C28H22ClN3O2/c29-23-11-8-21(9-12-23)26(28(33)31-17-3-16-30)18-20-6-14-25(15-7-20)34-19-24-13-10-22-4-1-2-5-27(22)32-24/h1-2,4-15,18H,3,17,19H2,(H,31,33)/b26-18+. The van der Waals surface area contributed by atoms with E-state index in [2.05, 4.69) is 10.3 Å². The predicted octanol–water partition coefficient (Wildman–Crippen LogP) is 6.04. The molecule has 0 unspecified atom stereocenters. The van der Waals surface area contributed by atoms with Gasteiger partial charge in [0.2, 0.25) is 0 Å². The summed E-state index contributed by atoms with van der Waals surface area (Å²) < 4.78 is 5.90. The number of ether oxygens (including phenoxy) is 1. The van der Waals surface area contributed by atoms with Crippen molar-refractivity contribution in [3.8, 4) is 11.8 Å². The Morgan fingerprint density at radius 2 is 1.76 bits per heavy atom. The highest BCUT2D eigenvalue weighted by Gasteiger charge is 2.12. The first-order chi connectivity index (χ1) is 16.6. The monoisotopic (exact) mass is 467 g/mol. The molecule has 0 spiro atoms. The number of hydrogen-bond donors (Lipinski definition) is 1. The molecule has 3 aromatic carbocycles. The molecule has 0 aliphatic carbocycles. The fourth-order valence-electron chi connectivity index (χ4n) is 3.41. The van der Waals surface area contributed by atoms with Crippen LogP contribution in [0.4, 0.5) is 0 Å². The van der Waals surface area contributed by atoms with E-state index >= 15 is 0 Å². The summed E-state index contributed by atoms with van der Waals surface area (Å²) in [6, 6.07) is 28.6. The number of para-hydroxylation sites is 1. The van der Waals surface area contributed by atoms with Crippen LogP contribution in [0.2, 0.25) is 5.02 Å². The zero-order valence-corrected chi connectivity index (χ0v) is 19.1. The molecule has 0 radical (unpaired) electrons. The third-order valence-corrected chi connectivity index (χ3v) is 5.41. The number of carbonyl (C=O) groups excluding carboxylic acids is 1. The fourth-order valence-corrected chi connectivity index (χ4v) is 3.54. The largest absolute Gasteiger partial charge is 0.487 e. The molecule has 5 nitrogen and oxygen atoms in total. The minimum absolute atomic E-state index is 0.248. The van der Waals surface area contributed by atoms with E-state index < -0.39 is 0 Å². The number of nitriles is 1. The lowest BCUT2D eigenvalue weighted by atomic mass is 10.0. The summed E-state index contributed by atoms with van der Waals surface area (Å²) in [5.74, 6) is 0.457. The molecule has 6 heteroatoms. The Kier molecular flexibility index (Phi) is 7.54. The summed E-state index contributed by atoms with van der Waals surface area (Å²) in [5.41, 5.74) is 3.86. The van der Waals surface area contributed by atoms with E-state index in [0.29, 0.717) is 23.0 Å². The minimum atomic E-state index is -0.250. The van der Waals surface area contributed by atoms with Crippen LogP contribution in [0.25, 0.3) is 22.6 Å². The van der Waals surface area contributed by atoms with Crippen molar-refractivity contribution >= 4 is 40.1 Å². The van der Waals surface area contributed by atoms with E-state index in [-0.39, 0.29) is 18.9 Å². The van der Waals surface area contributed by atoms with Gasteiger partial charge in [-0.25, -0.2) is 4.98 Å². The summed E-state index contributed by atoms with van der Waals surface area (Å²) in [4.78, 5) is 17.4. The van der Waals surface area contributed by atoms with Gasteiger partial charge in [-0.2, -0.15) is 5.26 Å². The molecular weight excluding hydrogens is 446 g/mol. The first-order valence-corrected chi connectivity index (χ1v) is 11.2. The van der Waals surface area contributed by atoms with E-state index in [1.807, 2.05) is 66.7 Å². The maximum Gasteiger partial charge on any atom is 0.251 e. The molecule has 0 aliphatic rings. The van der Waals surface area contributed by atoms with Crippen LogP contribution >= 0.6 is 11.6 Å². The molecule has 4 rings (SSSR count). The molecule has 0 bridgehead atoms. The molecule has 34 heavy (non-hydrogen) atoms. The van der Waals surface area contributed by atoms with Gasteiger partial charge in [0, 0.05) is 22.5 Å². The number of pyridine rings is 1. The molecule has 1 N–H and O–H groups in total. The Labute approximate surface area is 203 Å². The SMILES string of the molecule is N#CCCNC(=O)/C(=C/c1ccc(OCc2ccc3ccccc3n2)cc1)c1ccc(Cl)cc1. The lowest BCUT2D eigenvalue weighted by Gasteiger charge is -2.10. The average Bonchev–Trinajstić information content (AvgIpc) is 2.87. The van der Waals surface area contributed by atoms with Crippen molar-refractivity contribution < 1.29 is 9.53 Å². The van der Waals surface area contributed by atoms with Crippen molar-refractivity contribution in [1.82, 2.24) is 10.3 Å². The molecule has 4 aromatic rings. The number of amides is 1. The normalized spacial score (nSPS) is 11.1. The van der Waals surface area contributed by atoms with Crippen LogP contribution in [0.15, 0.2) is 84.9 Å². The molecular formula is C28H22ClN3O2. The van der Waals surface area contributed by atoms with Crippen molar-refractivity contribution in [1.29, 1.82) is 5.26 Å². The second-order valence-corrected chi connectivity index (χ2v) is 8.02. The molecule has 1 amide bonds.